The van der Waals surface area contributed by atoms with Crippen LogP contribution in [0.15, 0.2) is 29.8 Å². The molecule has 0 bridgehead atoms. The summed E-state index contributed by atoms with van der Waals surface area (Å²) in [5, 5.41) is 0. The van der Waals surface area contributed by atoms with Crippen molar-refractivity contribution in [1.82, 2.24) is 4.98 Å². The first kappa shape index (κ1) is 15.0. The quantitative estimate of drug-likeness (QED) is 0.820. The van der Waals surface area contributed by atoms with Crippen LogP contribution >= 0.6 is 11.3 Å². The monoisotopic (exact) mass is 306 g/mol. The molecule has 0 aliphatic rings. The first-order chi connectivity index (χ1) is 10.1. The molecule has 7 heteroatoms. The van der Waals surface area contributed by atoms with Gasteiger partial charge >= 0.3 is 5.97 Å². The van der Waals surface area contributed by atoms with Crippen LogP contribution in [0.3, 0.4) is 0 Å². The molecule has 0 saturated carbocycles. The maximum Gasteiger partial charge on any atom is 0.342 e. The van der Waals surface area contributed by atoms with Gasteiger partial charge in [0.15, 0.2) is 6.61 Å². The molecule has 2 N–H and O–H groups in total. The summed E-state index contributed by atoms with van der Waals surface area (Å²) >= 11 is 1.42. The van der Waals surface area contributed by atoms with E-state index in [1.807, 2.05) is 6.92 Å². The number of nitrogens with two attached hydrogens (primary N) is 1. The minimum atomic E-state index is -0.613. The Morgan fingerprint density at radius 3 is 2.76 bits per heavy atom. The van der Waals surface area contributed by atoms with Crippen LogP contribution in [0.5, 0.6) is 5.75 Å². The van der Waals surface area contributed by atoms with E-state index in [0.717, 1.165) is 10.6 Å². The minimum Gasteiger partial charge on any atom is -0.483 e. The second-order valence-electron chi connectivity index (χ2n) is 4.19. The summed E-state index contributed by atoms with van der Waals surface area (Å²) in [6, 6.07) is 6.53. The minimum absolute atomic E-state index is 0.152. The molecule has 0 saturated heterocycles. The summed E-state index contributed by atoms with van der Waals surface area (Å²) in [4.78, 5) is 27.8. The highest BCUT2D eigenvalue weighted by atomic mass is 32.1. The van der Waals surface area contributed by atoms with Gasteiger partial charge in [0.1, 0.15) is 17.9 Å². The molecule has 6 nitrogen and oxygen atoms in total. The number of hydrogen-bond donors (Lipinski definition) is 1. The van der Waals surface area contributed by atoms with Crippen molar-refractivity contribution in [3.8, 4) is 5.75 Å². The maximum atomic E-state index is 12.1. The lowest BCUT2D eigenvalue weighted by Crippen LogP contribution is -2.21. The Morgan fingerprint density at radius 1 is 1.33 bits per heavy atom. The number of nitrogens with zero attached hydrogens (tertiary/aromatic N) is 1. The summed E-state index contributed by atoms with van der Waals surface area (Å²) in [7, 11) is 0. The van der Waals surface area contributed by atoms with Gasteiger partial charge in [0, 0.05) is 0 Å². The van der Waals surface area contributed by atoms with Crippen LogP contribution in [0.2, 0.25) is 0 Å². The predicted octanol–water partition coefficient (Wildman–Crippen LogP) is 1.67. The summed E-state index contributed by atoms with van der Waals surface area (Å²) in [5.41, 5.74) is 7.81. The lowest BCUT2D eigenvalue weighted by molar-refractivity contribution is -0.119. The number of hydrogen-bond acceptors (Lipinski definition) is 6. The standard InChI is InChI=1S/C14H14N2O4S/c1-9-12(21-8-16-9)6-20-14(18)10-4-2-3-5-11(10)19-7-13(15)17/h2-5,8H,6-7H2,1H3,(H2,15,17). The molecule has 1 amide bonds. The van der Waals surface area contributed by atoms with E-state index in [2.05, 4.69) is 4.98 Å². The van der Waals surface area contributed by atoms with Crippen molar-refractivity contribution in [2.24, 2.45) is 5.73 Å². The van der Waals surface area contributed by atoms with Crippen LogP contribution in [0.1, 0.15) is 20.9 Å². The summed E-state index contributed by atoms with van der Waals surface area (Å²) in [6.07, 6.45) is 0. The molecule has 1 aromatic carbocycles. The van der Waals surface area contributed by atoms with Crippen molar-refractivity contribution < 1.29 is 19.1 Å². The van der Waals surface area contributed by atoms with Crippen molar-refractivity contribution in [2.75, 3.05) is 6.61 Å². The molecule has 0 fully saturated rings. The normalized spacial score (nSPS) is 10.1. The number of benzene rings is 1. The average Bonchev–Trinajstić information content (AvgIpc) is 2.88. The number of rotatable bonds is 6. The van der Waals surface area contributed by atoms with E-state index in [-0.39, 0.29) is 24.5 Å². The van der Waals surface area contributed by atoms with Crippen LogP contribution in [0.25, 0.3) is 0 Å². The summed E-state index contributed by atoms with van der Waals surface area (Å²) in [6.45, 7) is 1.71. The fraction of sp³-hybridized carbons (Fsp3) is 0.214. The molecule has 110 valence electrons. The number of para-hydroxylation sites is 1. The Bertz CT molecular complexity index is 654. The SMILES string of the molecule is Cc1ncsc1COC(=O)c1ccccc1OCC(N)=O. The second-order valence-corrected chi connectivity index (χ2v) is 5.13. The van der Waals surface area contributed by atoms with Gasteiger partial charge in [-0.05, 0) is 19.1 Å². The van der Waals surface area contributed by atoms with E-state index in [1.165, 1.54) is 11.3 Å². The van der Waals surface area contributed by atoms with Gasteiger partial charge in [-0.15, -0.1) is 11.3 Å². The number of primary amides is 1. The smallest absolute Gasteiger partial charge is 0.342 e. The van der Waals surface area contributed by atoms with Crippen LogP contribution in [-0.2, 0) is 16.1 Å². The van der Waals surface area contributed by atoms with Crippen molar-refractivity contribution in [3.63, 3.8) is 0 Å². The van der Waals surface area contributed by atoms with Gasteiger partial charge in [-0.25, -0.2) is 9.78 Å². The Hall–Kier alpha value is -2.41. The third-order valence-corrected chi connectivity index (χ3v) is 3.56. The molecular weight excluding hydrogens is 292 g/mol. The Kier molecular flexibility index (Phi) is 4.89. The average molecular weight is 306 g/mol. The van der Waals surface area contributed by atoms with Gasteiger partial charge in [0.05, 0.1) is 16.1 Å². The molecule has 1 heterocycles. The number of carbonyl (C=O) groups excluding carboxylic acids is 2. The Balaban J connectivity index is 2.04. The van der Waals surface area contributed by atoms with Crippen LogP contribution in [-0.4, -0.2) is 23.5 Å². The lowest BCUT2D eigenvalue weighted by atomic mass is 10.2. The molecule has 0 unspecified atom stereocenters. The number of aromatic nitrogens is 1. The zero-order valence-electron chi connectivity index (χ0n) is 11.4. The number of thiazole rings is 1. The van der Waals surface area contributed by atoms with Gasteiger partial charge in [-0.2, -0.15) is 0 Å². The van der Waals surface area contributed by atoms with E-state index in [1.54, 1.807) is 29.8 Å². The van der Waals surface area contributed by atoms with Crippen LogP contribution in [0.4, 0.5) is 0 Å². The molecule has 21 heavy (non-hydrogen) atoms. The van der Waals surface area contributed by atoms with Gasteiger partial charge < -0.3 is 15.2 Å². The molecule has 0 spiro atoms. The number of ether oxygens (including phenoxy) is 2. The first-order valence-electron chi connectivity index (χ1n) is 6.14. The first-order valence-corrected chi connectivity index (χ1v) is 7.02. The number of amides is 1. The van der Waals surface area contributed by atoms with Gasteiger partial charge in [0.2, 0.25) is 0 Å². The van der Waals surface area contributed by atoms with Crippen molar-refractivity contribution in [3.05, 3.63) is 45.9 Å². The molecule has 0 aliphatic heterocycles. The van der Waals surface area contributed by atoms with E-state index in [0.29, 0.717) is 0 Å². The van der Waals surface area contributed by atoms with Gasteiger partial charge in [0.25, 0.3) is 5.91 Å². The number of aryl methyl sites for hydroxylation is 1. The highest BCUT2D eigenvalue weighted by molar-refractivity contribution is 7.09. The third kappa shape index (κ3) is 4.03. The van der Waals surface area contributed by atoms with Crippen LogP contribution < -0.4 is 10.5 Å². The van der Waals surface area contributed by atoms with E-state index in [4.69, 9.17) is 15.2 Å². The van der Waals surface area contributed by atoms with E-state index >= 15 is 0 Å². The second kappa shape index (κ2) is 6.85. The molecule has 0 aliphatic carbocycles. The van der Waals surface area contributed by atoms with Crippen LogP contribution in [0, 0.1) is 6.92 Å². The predicted molar refractivity (Wildman–Crippen MR) is 77.1 cm³/mol. The summed E-state index contributed by atoms with van der Waals surface area (Å²) < 4.78 is 10.4. The topological polar surface area (TPSA) is 91.5 Å². The molecular formula is C14H14N2O4S. The zero-order chi connectivity index (χ0) is 15.2. The molecule has 2 rings (SSSR count). The van der Waals surface area contributed by atoms with Crippen molar-refractivity contribution in [1.29, 1.82) is 0 Å². The molecule has 0 radical (unpaired) electrons. The van der Waals surface area contributed by atoms with E-state index in [9.17, 15) is 9.59 Å². The number of esters is 1. The molecule has 0 atom stereocenters. The van der Waals surface area contributed by atoms with E-state index < -0.39 is 11.9 Å². The molecule has 2 aromatic rings. The van der Waals surface area contributed by atoms with Gasteiger partial charge in [-0.3, -0.25) is 4.79 Å². The fourth-order valence-corrected chi connectivity index (χ4v) is 2.27. The lowest BCUT2D eigenvalue weighted by Gasteiger charge is -2.09. The van der Waals surface area contributed by atoms with Crippen molar-refractivity contribution in [2.45, 2.75) is 13.5 Å². The fourth-order valence-electron chi connectivity index (χ4n) is 1.58. The van der Waals surface area contributed by atoms with Gasteiger partial charge in [-0.1, -0.05) is 12.1 Å². The Morgan fingerprint density at radius 2 is 2.10 bits per heavy atom. The molecule has 1 aromatic heterocycles. The highest BCUT2D eigenvalue weighted by Gasteiger charge is 2.15. The maximum absolute atomic E-state index is 12.1. The largest absolute Gasteiger partial charge is 0.483 e. The Labute approximate surface area is 125 Å². The number of carbonyl (C=O) groups is 2. The highest BCUT2D eigenvalue weighted by Crippen LogP contribution is 2.20. The third-order valence-electron chi connectivity index (χ3n) is 2.66. The van der Waals surface area contributed by atoms with Crippen molar-refractivity contribution >= 4 is 23.2 Å². The zero-order valence-corrected chi connectivity index (χ0v) is 12.2. The summed E-state index contributed by atoms with van der Waals surface area (Å²) in [5.74, 6) is -0.872.